The normalized spacial score (nSPS) is 15.2. The summed E-state index contributed by atoms with van der Waals surface area (Å²) < 4.78 is 2.24. The summed E-state index contributed by atoms with van der Waals surface area (Å²) in [5.74, 6) is 0.648. The number of hydrogen-bond donors (Lipinski definition) is 1. The van der Waals surface area contributed by atoms with Crippen molar-refractivity contribution in [2.24, 2.45) is 5.92 Å². The summed E-state index contributed by atoms with van der Waals surface area (Å²) in [6.07, 6.45) is 3.09. The first kappa shape index (κ1) is 11.0. The van der Waals surface area contributed by atoms with Gasteiger partial charge in [0.1, 0.15) is 0 Å². The number of imidazole rings is 1. The molecule has 2 aromatic rings. The maximum absolute atomic E-state index is 5.75. The molecule has 2 unspecified atom stereocenters. The Balaban J connectivity index is 2.45. The molecule has 0 aliphatic carbocycles. The Morgan fingerprint density at radius 3 is 2.81 bits per heavy atom. The van der Waals surface area contributed by atoms with Crippen molar-refractivity contribution in [2.75, 3.05) is 5.73 Å². The molecule has 0 spiro atoms. The van der Waals surface area contributed by atoms with Gasteiger partial charge in [-0.1, -0.05) is 20.3 Å². The summed E-state index contributed by atoms with van der Waals surface area (Å²) in [4.78, 5) is 4.40. The van der Waals surface area contributed by atoms with Crippen LogP contribution in [0.1, 0.15) is 33.2 Å². The topological polar surface area (TPSA) is 43.8 Å². The zero-order valence-electron chi connectivity index (χ0n) is 10.1. The average Bonchev–Trinajstić information content (AvgIpc) is 2.69. The van der Waals surface area contributed by atoms with Crippen molar-refractivity contribution in [1.29, 1.82) is 0 Å². The van der Waals surface area contributed by atoms with Crippen LogP contribution in [0.15, 0.2) is 24.5 Å². The summed E-state index contributed by atoms with van der Waals surface area (Å²) in [5, 5.41) is 0. The van der Waals surface area contributed by atoms with Gasteiger partial charge in [-0.15, -0.1) is 0 Å². The van der Waals surface area contributed by atoms with Crippen LogP contribution in [0, 0.1) is 5.92 Å². The van der Waals surface area contributed by atoms with Crippen LogP contribution in [-0.2, 0) is 0 Å². The van der Waals surface area contributed by atoms with Gasteiger partial charge < -0.3 is 10.3 Å². The zero-order valence-corrected chi connectivity index (χ0v) is 10.1. The van der Waals surface area contributed by atoms with Crippen LogP contribution in [0.2, 0.25) is 0 Å². The zero-order chi connectivity index (χ0) is 11.7. The Morgan fingerprint density at radius 1 is 1.38 bits per heavy atom. The van der Waals surface area contributed by atoms with E-state index in [1.54, 1.807) is 0 Å². The van der Waals surface area contributed by atoms with Gasteiger partial charge in [0, 0.05) is 11.7 Å². The van der Waals surface area contributed by atoms with E-state index in [9.17, 15) is 0 Å². The Labute approximate surface area is 96.3 Å². The molecule has 16 heavy (non-hydrogen) atoms. The predicted octanol–water partition coefficient (Wildman–Crippen LogP) is 3.23. The van der Waals surface area contributed by atoms with E-state index in [2.05, 4.69) is 36.4 Å². The molecular weight excluding hydrogens is 198 g/mol. The molecule has 86 valence electrons. The average molecular weight is 217 g/mol. The minimum Gasteiger partial charge on any atom is -0.399 e. The van der Waals surface area contributed by atoms with Gasteiger partial charge in [0.15, 0.2) is 0 Å². The van der Waals surface area contributed by atoms with E-state index in [0.717, 1.165) is 11.2 Å². The van der Waals surface area contributed by atoms with Crippen LogP contribution in [0.5, 0.6) is 0 Å². The summed E-state index contributed by atoms with van der Waals surface area (Å²) in [7, 11) is 0. The van der Waals surface area contributed by atoms with E-state index in [-0.39, 0.29) is 0 Å². The van der Waals surface area contributed by atoms with Gasteiger partial charge in [0.05, 0.1) is 17.4 Å². The van der Waals surface area contributed by atoms with Gasteiger partial charge in [0.2, 0.25) is 0 Å². The number of nitrogens with zero attached hydrogens (tertiary/aromatic N) is 2. The number of hydrogen-bond acceptors (Lipinski definition) is 2. The Hall–Kier alpha value is -1.51. The van der Waals surface area contributed by atoms with Gasteiger partial charge in [-0.3, -0.25) is 0 Å². The van der Waals surface area contributed by atoms with Crippen molar-refractivity contribution in [3.63, 3.8) is 0 Å². The van der Waals surface area contributed by atoms with Crippen LogP contribution in [0.3, 0.4) is 0 Å². The van der Waals surface area contributed by atoms with Crippen LogP contribution in [-0.4, -0.2) is 9.55 Å². The highest BCUT2D eigenvalue weighted by molar-refractivity contribution is 5.79. The molecule has 0 bridgehead atoms. The van der Waals surface area contributed by atoms with Crippen molar-refractivity contribution in [3.05, 3.63) is 24.5 Å². The highest BCUT2D eigenvalue weighted by atomic mass is 15.1. The maximum atomic E-state index is 5.75. The first-order valence-electron chi connectivity index (χ1n) is 5.85. The number of rotatable bonds is 3. The lowest BCUT2D eigenvalue weighted by Gasteiger charge is -2.20. The number of benzene rings is 1. The molecule has 1 heterocycles. The number of fused-ring (bicyclic) bond motifs is 1. The van der Waals surface area contributed by atoms with Crippen LogP contribution in [0.4, 0.5) is 5.69 Å². The molecule has 3 heteroatoms. The Morgan fingerprint density at radius 2 is 2.12 bits per heavy atom. The third-order valence-corrected chi connectivity index (χ3v) is 3.51. The molecule has 2 atom stereocenters. The summed E-state index contributed by atoms with van der Waals surface area (Å²) in [6, 6.07) is 6.38. The fourth-order valence-corrected chi connectivity index (χ4v) is 1.99. The molecule has 2 rings (SSSR count). The highest BCUT2D eigenvalue weighted by Gasteiger charge is 2.14. The minimum atomic E-state index is 0.471. The van der Waals surface area contributed by atoms with E-state index in [4.69, 9.17) is 5.73 Å². The van der Waals surface area contributed by atoms with E-state index in [0.29, 0.717) is 12.0 Å². The number of anilines is 1. The lowest BCUT2D eigenvalue weighted by molar-refractivity contribution is 0.377. The quantitative estimate of drug-likeness (QED) is 0.802. The number of aromatic nitrogens is 2. The van der Waals surface area contributed by atoms with Crippen molar-refractivity contribution < 1.29 is 0 Å². The first-order valence-corrected chi connectivity index (χ1v) is 5.85. The number of nitrogen functional groups attached to an aromatic ring is 1. The molecule has 0 aliphatic heterocycles. The maximum Gasteiger partial charge on any atom is 0.0960 e. The second kappa shape index (κ2) is 4.16. The Bertz CT molecular complexity index is 487. The fourth-order valence-electron chi connectivity index (χ4n) is 1.99. The van der Waals surface area contributed by atoms with E-state index in [1.165, 1.54) is 11.9 Å². The third-order valence-electron chi connectivity index (χ3n) is 3.51. The SMILES string of the molecule is CCC(C)C(C)n1cnc2cc(N)ccc21. The van der Waals surface area contributed by atoms with Crippen molar-refractivity contribution in [1.82, 2.24) is 9.55 Å². The molecule has 0 aliphatic rings. The van der Waals surface area contributed by atoms with Gasteiger partial charge in [-0.05, 0) is 31.0 Å². The van der Waals surface area contributed by atoms with Gasteiger partial charge >= 0.3 is 0 Å². The monoisotopic (exact) mass is 217 g/mol. The lowest BCUT2D eigenvalue weighted by Crippen LogP contribution is -2.12. The minimum absolute atomic E-state index is 0.471. The summed E-state index contributed by atoms with van der Waals surface area (Å²) in [6.45, 7) is 6.73. The predicted molar refractivity (Wildman–Crippen MR) is 68.3 cm³/mol. The standard InChI is InChI=1S/C13H19N3/c1-4-9(2)10(3)16-8-15-12-7-11(14)5-6-13(12)16/h5-10H,4,14H2,1-3H3. The van der Waals surface area contributed by atoms with Crippen molar-refractivity contribution >= 4 is 16.7 Å². The molecule has 1 aromatic heterocycles. The van der Waals surface area contributed by atoms with Crippen LogP contribution >= 0.6 is 0 Å². The molecule has 2 N–H and O–H groups in total. The van der Waals surface area contributed by atoms with Crippen molar-refractivity contribution in [2.45, 2.75) is 33.2 Å². The first-order chi connectivity index (χ1) is 7.63. The lowest BCUT2D eigenvalue weighted by atomic mass is 10.0. The van der Waals surface area contributed by atoms with Gasteiger partial charge in [0.25, 0.3) is 0 Å². The second-order valence-electron chi connectivity index (χ2n) is 4.53. The molecule has 0 radical (unpaired) electrons. The van der Waals surface area contributed by atoms with Crippen molar-refractivity contribution in [3.8, 4) is 0 Å². The molecule has 0 saturated carbocycles. The molecule has 0 fully saturated rings. The third kappa shape index (κ3) is 1.77. The second-order valence-corrected chi connectivity index (χ2v) is 4.53. The molecule has 1 aromatic carbocycles. The molecule has 0 amide bonds. The van der Waals surface area contributed by atoms with Gasteiger partial charge in [-0.25, -0.2) is 4.98 Å². The molecule has 3 nitrogen and oxygen atoms in total. The van der Waals surface area contributed by atoms with Crippen LogP contribution < -0.4 is 5.73 Å². The summed E-state index contributed by atoms with van der Waals surface area (Å²) in [5.41, 5.74) is 8.67. The fraction of sp³-hybridized carbons (Fsp3) is 0.462. The van der Waals surface area contributed by atoms with E-state index < -0.39 is 0 Å². The summed E-state index contributed by atoms with van der Waals surface area (Å²) >= 11 is 0. The van der Waals surface area contributed by atoms with E-state index >= 15 is 0 Å². The van der Waals surface area contributed by atoms with E-state index in [1.807, 2.05) is 18.5 Å². The number of nitrogens with two attached hydrogens (primary N) is 1. The Kier molecular flexibility index (Phi) is 2.86. The smallest absolute Gasteiger partial charge is 0.0960 e. The largest absolute Gasteiger partial charge is 0.399 e. The molecular formula is C13H19N3. The highest BCUT2D eigenvalue weighted by Crippen LogP contribution is 2.25. The molecule has 0 saturated heterocycles. The van der Waals surface area contributed by atoms with Gasteiger partial charge in [-0.2, -0.15) is 0 Å². The van der Waals surface area contributed by atoms with Crippen LogP contribution in [0.25, 0.3) is 11.0 Å².